The van der Waals surface area contributed by atoms with Gasteiger partial charge in [0, 0.05) is 13.5 Å². The molecule has 2 heteroatoms. The van der Waals surface area contributed by atoms with Gasteiger partial charge in [0.2, 0.25) is 0 Å². The molecule has 1 atom stereocenters. The van der Waals surface area contributed by atoms with Gasteiger partial charge in [0.25, 0.3) is 0 Å². The van der Waals surface area contributed by atoms with E-state index in [2.05, 4.69) is 6.92 Å². The Balaban J connectivity index is 4.09. The number of ether oxygens (including phenoxy) is 1. The molecule has 0 aliphatic heterocycles. The van der Waals surface area contributed by atoms with Crippen molar-refractivity contribution in [3.8, 4) is 0 Å². The van der Waals surface area contributed by atoms with Gasteiger partial charge in [-0.3, -0.25) is 4.79 Å². The Hall–Kier alpha value is -0.370. The van der Waals surface area contributed by atoms with E-state index in [1.54, 1.807) is 7.11 Å². The third-order valence-corrected chi connectivity index (χ3v) is 2.77. The smallest absolute Gasteiger partial charge is 0.164 e. The molecule has 0 aliphatic carbocycles. The highest BCUT2D eigenvalue weighted by Crippen LogP contribution is 2.21. The summed E-state index contributed by atoms with van der Waals surface area (Å²) in [5, 5.41) is 0. The van der Waals surface area contributed by atoms with Gasteiger partial charge in [-0.25, -0.2) is 0 Å². The van der Waals surface area contributed by atoms with Gasteiger partial charge in [-0.05, 0) is 19.8 Å². The van der Waals surface area contributed by atoms with E-state index >= 15 is 0 Å². The molecule has 14 heavy (non-hydrogen) atoms. The molecule has 0 bridgehead atoms. The lowest BCUT2D eigenvalue weighted by molar-refractivity contribution is -0.140. The van der Waals surface area contributed by atoms with Crippen LogP contribution in [0.1, 0.15) is 59.3 Å². The topological polar surface area (TPSA) is 26.3 Å². The molecule has 0 aromatic carbocycles. The normalized spacial score (nSPS) is 15.1. The Kier molecular flexibility index (Phi) is 6.81. The Labute approximate surface area is 88.0 Å². The number of hydrogen-bond acceptors (Lipinski definition) is 2. The van der Waals surface area contributed by atoms with Crippen molar-refractivity contribution in [2.45, 2.75) is 64.9 Å². The van der Waals surface area contributed by atoms with Crippen molar-refractivity contribution in [2.75, 3.05) is 7.11 Å². The highest BCUT2D eigenvalue weighted by molar-refractivity contribution is 5.86. The zero-order valence-electron chi connectivity index (χ0n) is 10.1. The summed E-state index contributed by atoms with van der Waals surface area (Å²) in [5.41, 5.74) is -0.537. The molecule has 0 rings (SSSR count). The largest absolute Gasteiger partial charge is 0.371 e. The molecule has 0 saturated heterocycles. The first-order valence-electron chi connectivity index (χ1n) is 5.69. The van der Waals surface area contributed by atoms with Crippen LogP contribution in [0.2, 0.25) is 0 Å². The fraction of sp³-hybridized carbons (Fsp3) is 0.917. The highest BCUT2D eigenvalue weighted by Gasteiger charge is 2.30. The van der Waals surface area contributed by atoms with Crippen LogP contribution in [0.5, 0.6) is 0 Å². The van der Waals surface area contributed by atoms with Crippen LogP contribution >= 0.6 is 0 Å². The lowest BCUT2D eigenvalue weighted by Crippen LogP contribution is -2.37. The first-order chi connectivity index (χ1) is 6.60. The lowest BCUT2D eigenvalue weighted by Gasteiger charge is -2.26. The first kappa shape index (κ1) is 13.6. The third-order valence-electron chi connectivity index (χ3n) is 2.77. The van der Waals surface area contributed by atoms with Gasteiger partial charge in [-0.2, -0.15) is 0 Å². The number of carbonyl (C=O) groups is 1. The quantitative estimate of drug-likeness (QED) is 0.562. The van der Waals surface area contributed by atoms with Crippen LogP contribution in [0.3, 0.4) is 0 Å². The van der Waals surface area contributed by atoms with Gasteiger partial charge < -0.3 is 4.74 Å². The molecule has 0 aromatic rings. The zero-order chi connectivity index (χ0) is 11.0. The van der Waals surface area contributed by atoms with E-state index in [0.29, 0.717) is 6.42 Å². The average molecular weight is 200 g/mol. The second kappa shape index (κ2) is 6.99. The maximum Gasteiger partial charge on any atom is 0.164 e. The van der Waals surface area contributed by atoms with E-state index in [1.165, 1.54) is 12.8 Å². The van der Waals surface area contributed by atoms with Crippen LogP contribution in [-0.4, -0.2) is 18.5 Å². The molecule has 0 aliphatic rings. The number of unbranched alkanes of at least 4 members (excludes halogenated alkanes) is 2. The van der Waals surface area contributed by atoms with Crippen molar-refractivity contribution >= 4 is 5.78 Å². The first-order valence-corrected chi connectivity index (χ1v) is 5.69. The summed E-state index contributed by atoms with van der Waals surface area (Å²) in [6.07, 6.45) is 5.84. The van der Waals surface area contributed by atoms with Gasteiger partial charge in [0.1, 0.15) is 5.60 Å². The van der Waals surface area contributed by atoms with Crippen LogP contribution in [0.4, 0.5) is 0 Å². The fourth-order valence-corrected chi connectivity index (χ4v) is 1.56. The SMILES string of the molecule is CCCCCC(C)(OC)C(=O)CCC. The van der Waals surface area contributed by atoms with Crippen LogP contribution < -0.4 is 0 Å². The molecule has 0 radical (unpaired) electrons. The van der Waals surface area contributed by atoms with E-state index in [0.717, 1.165) is 19.3 Å². The number of rotatable bonds is 8. The van der Waals surface area contributed by atoms with E-state index in [-0.39, 0.29) is 5.78 Å². The van der Waals surface area contributed by atoms with Gasteiger partial charge >= 0.3 is 0 Å². The van der Waals surface area contributed by atoms with Crippen molar-refractivity contribution in [3.05, 3.63) is 0 Å². The van der Waals surface area contributed by atoms with Crippen molar-refractivity contribution in [1.29, 1.82) is 0 Å². The highest BCUT2D eigenvalue weighted by atomic mass is 16.5. The minimum Gasteiger partial charge on any atom is -0.371 e. The summed E-state index contributed by atoms with van der Waals surface area (Å²) in [7, 11) is 1.64. The monoisotopic (exact) mass is 200 g/mol. The summed E-state index contributed by atoms with van der Waals surface area (Å²) in [5.74, 6) is 0.249. The molecule has 0 fully saturated rings. The van der Waals surface area contributed by atoms with Crippen LogP contribution in [0, 0.1) is 0 Å². The Morgan fingerprint density at radius 3 is 2.29 bits per heavy atom. The second-order valence-corrected chi connectivity index (χ2v) is 4.07. The molecule has 2 nitrogen and oxygen atoms in total. The van der Waals surface area contributed by atoms with E-state index in [1.807, 2.05) is 13.8 Å². The minimum atomic E-state index is -0.537. The Bertz CT molecular complexity index is 166. The maximum atomic E-state index is 11.8. The number of methoxy groups -OCH3 is 1. The van der Waals surface area contributed by atoms with Crippen molar-refractivity contribution in [3.63, 3.8) is 0 Å². The number of ketones is 1. The molecule has 0 saturated carbocycles. The standard InChI is InChI=1S/C12H24O2/c1-5-7-8-10-12(3,14-4)11(13)9-6-2/h5-10H2,1-4H3. The van der Waals surface area contributed by atoms with E-state index < -0.39 is 5.60 Å². The number of hydrogen-bond donors (Lipinski definition) is 0. The van der Waals surface area contributed by atoms with Crippen molar-refractivity contribution in [1.82, 2.24) is 0 Å². The van der Waals surface area contributed by atoms with Gasteiger partial charge in [-0.15, -0.1) is 0 Å². The summed E-state index contributed by atoms with van der Waals surface area (Å²) in [6, 6.07) is 0. The molecular weight excluding hydrogens is 176 g/mol. The molecular formula is C12H24O2. The molecule has 0 N–H and O–H groups in total. The number of carbonyl (C=O) groups excluding carboxylic acids is 1. The van der Waals surface area contributed by atoms with Gasteiger partial charge in [0.15, 0.2) is 5.78 Å². The van der Waals surface area contributed by atoms with Crippen molar-refractivity contribution in [2.24, 2.45) is 0 Å². The van der Waals surface area contributed by atoms with Crippen LogP contribution in [0.15, 0.2) is 0 Å². The minimum absolute atomic E-state index is 0.249. The maximum absolute atomic E-state index is 11.8. The zero-order valence-corrected chi connectivity index (χ0v) is 10.1. The molecule has 0 amide bonds. The van der Waals surface area contributed by atoms with Crippen molar-refractivity contribution < 1.29 is 9.53 Å². The molecule has 0 spiro atoms. The predicted molar refractivity (Wildman–Crippen MR) is 59.5 cm³/mol. The van der Waals surface area contributed by atoms with E-state index in [9.17, 15) is 4.79 Å². The summed E-state index contributed by atoms with van der Waals surface area (Å²) in [4.78, 5) is 11.8. The Morgan fingerprint density at radius 2 is 1.86 bits per heavy atom. The fourth-order valence-electron chi connectivity index (χ4n) is 1.56. The number of Topliss-reactive ketones (excluding diaryl/α,β-unsaturated/α-hetero) is 1. The lowest BCUT2D eigenvalue weighted by atomic mass is 9.91. The van der Waals surface area contributed by atoms with E-state index in [4.69, 9.17) is 4.74 Å². The van der Waals surface area contributed by atoms with Gasteiger partial charge in [0.05, 0.1) is 0 Å². The van der Waals surface area contributed by atoms with Crippen LogP contribution in [-0.2, 0) is 9.53 Å². The molecule has 0 aromatic heterocycles. The van der Waals surface area contributed by atoms with Crippen LogP contribution in [0.25, 0.3) is 0 Å². The van der Waals surface area contributed by atoms with Gasteiger partial charge in [-0.1, -0.05) is 33.1 Å². The second-order valence-electron chi connectivity index (χ2n) is 4.07. The molecule has 84 valence electrons. The predicted octanol–water partition coefficient (Wildman–Crippen LogP) is 3.34. The summed E-state index contributed by atoms with van der Waals surface area (Å²) in [6.45, 7) is 6.11. The Morgan fingerprint density at radius 1 is 1.21 bits per heavy atom. The average Bonchev–Trinajstić information content (AvgIpc) is 2.18. The molecule has 1 unspecified atom stereocenters. The summed E-state index contributed by atoms with van der Waals surface area (Å²) < 4.78 is 5.35. The third kappa shape index (κ3) is 4.23. The molecule has 0 heterocycles. The summed E-state index contributed by atoms with van der Waals surface area (Å²) >= 11 is 0.